The fourth-order valence-corrected chi connectivity index (χ4v) is 10.2. The van der Waals surface area contributed by atoms with Gasteiger partial charge in [-0.05, 0) is 122 Å². The SMILES string of the molecule is CCCCc1cc(-c2ccc(-c3ccc(Cc4cc(Cc5cc(C)c(C)s5)cc(Cc5cc(C)c(C)s5)c4)s3)cc2)sc1C. The van der Waals surface area contributed by atoms with E-state index < -0.39 is 0 Å². The molecular formula is C40H42S4. The van der Waals surface area contributed by atoms with Gasteiger partial charge in [-0.15, -0.1) is 45.3 Å². The van der Waals surface area contributed by atoms with Crippen molar-refractivity contribution in [1.29, 1.82) is 0 Å². The summed E-state index contributed by atoms with van der Waals surface area (Å²) < 4.78 is 0. The summed E-state index contributed by atoms with van der Waals surface area (Å²) in [5.74, 6) is 0. The van der Waals surface area contributed by atoms with Gasteiger partial charge in [0.15, 0.2) is 0 Å². The normalized spacial score (nSPS) is 11.5. The first kappa shape index (κ1) is 31.2. The van der Waals surface area contributed by atoms with Gasteiger partial charge in [-0.2, -0.15) is 0 Å². The van der Waals surface area contributed by atoms with Crippen LogP contribution in [0.2, 0.25) is 0 Å². The van der Waals surface area contributed by atoms with Crippen LogP contribution in [0.25, 0.3) is 20.9 Å². The lowest BCUT2D eigenvalue weighted by Crippen LogP contribution is -1.95. The Balaban J connectivity index is 1.21. The summed E-state index contributed by atoms with van der Waals surface area (Å²) in [6.45, 7) is 13.5. The van der Waals surface area contributed by atoms with Crippen LogP contribution in [0.4, 0.5) is 0 Å². The van der Waals surface area contributed by atoms with Crippen LogP contribution in [-0.2, 0) is 25.7 Å². The summed E-state index contributed by atoms with van der Waals surface area (Å²) in [6, 6.07) is 28.4. The summed E-state index contributed by atoms with van der Waals surface area (Å²) in [6.07, 6.45) is 6.70. The van der Waals surface area contributed by atoms with E-state index in [1.807, 2.05) is 45.3 Å². The van der Waals surface area contributed by atoms with E-state index in [1.54, 1.807) is 0 Å². The van der Waals surface area contributed by atoms with Crippen LogP contribution in [-0.4, -0.2) is 0 Å². The van der Waals surface area contributed by atoms with Crippen LogP contribution in [0, 0.1) is 34.6 Å². The van der Waals surface area contributed by atoms with E-state index in [-0.39, 0.29) is 0 Å². The predicted octanol–water partition coefficient (Wildman–Crippen LogP) is 12.9. The fraction of sp³-hybridized carbons (Fsp3) is 0.300. The van der Waals surface area contributed by atoms with Gasteiger partial charge in [-0.3, -0.25) is 0 Å². The van der Waals surface area contributed by atoms with Crippen molar-refractivity contribution in [2.75, 3.05) is 0 Å². The maximum atomic E-state index is 2.45. The molecule has 0 fully saturated rings. The molecule has 0 aliphatic heterocycles. The maximum absolute atomic E-state index is 2.45. The van der Waals surface area contributed by atoms with E-state index in [1.165, 1.54) is 103 Å². The molecule has 0 aliphatic carbocycles. The van der Waals surface area contributed by atoms with E-state index in [9.17, 15) is 0 Å². The molecule has 0 saturated carbocycles. The van der Waals surface area contributed by atoms with Crippen molar-refractivity contribution in [2.45, 2.75) is 80.1 Å². The van der Waals surface area contributed by atoms with Gasteiger partial charge >= 0.3 is 0 Å². The highest BCUT2D eigenvalue weighted by molar-refractivity contribution is 7.16. The average Bonchev–Trinajstić information content (AvgIpc) is 3.76. The monoisotopic (exact) mass is 650 g/mol. The molecule has 0 spiro atoms. The third-order valence-electron chi connectivity index (χ3n) is 8.62. The molecule has 0 atom stereocenters. The molecule has 0 saturated heterocycles. The Bertz CT molecular complexity index is 1760. The molecule has 0 unspecified atom stereocenters. The highest BCUT2D eigenvalue weighted by atomic mass is 32.1. The Morgan fingerprint density at radius 1 is 0.477 bits per heavy atom. The quantitative estimate of drug-likeness (QED) is 0.131. The standard InChI is InChI=1S/C40H42S4/c1-7-8-9-35-24-40(43-29(35)6)34-12-10-33(11-13-34)39-15-14-36(44-39)21-30-18-31(22-37-16-25(2)27(4)41-37)20-32(19-30)23-38-17-26(3)28(5)42-38/h10-20,24H,7-9,21-23H2,1-6H3. The third kappa shape index (κ3) is 7.37. The van der Waals surface area contributed by atoms with Crippen molar-refractivity contribution in [3.63, 3.8) is 0 Å². The van der Waals surface area contributed by atoms with Crippen LogP contribution < -0.4 is 0 Å². The first-order valence-electron chi connectivity index (χ1n) is 15.8. The van der Waals surface area contributed by atoms with Gasteiger partial charge in [-0.25, -0.2) is 0 Å². The zero-order valence-corrected chi connectivity index (χ0v) is 30.1. The molecule has 0 nitrogen and oxygen atoms in total. The number of benzene rings is 2. The molecule has 4 aromatic heterocycles. The van der Waals surface area contributed by atoms with Crippen molar-refractivity contribution in [3.8, 4) is 20.9 Å². The van der Waals surface area contributed by atoms with Crippen molar-refractivity contribution >= 4 is 45.3 Å². The summed E-state index contributed by atoms with van der Waals surface area (Å²) in [7, 11) is 0. The molecular weight excluding hydrogens is 609 g/mol. The largest absolute Gasteiger partial charge is 0.145 e. The van der Waals surface area contributed by atoms with Crippen LogP contribution in [0.3, 0.4) is 0 Å². The Morgan fingerprint density at radius 2 is 1.00 bits per heavy atom. The number of aryl methyl sites for hydroxylation is 6. The summed E-state index contributed by atoms with van der Waals surface area (Å²) in [5.41, 5.74) is 11.3. The molecule has 0 aliphatic rings. The second kappa shape index (κ2) is 13.7. The Kier molecular flexibility index (Phi) is 9.73. The van der Waals surface area contributed by atoms with Gasteiger partial charge in [0, 0.05) is 58.3 Å². The van der Waals surface area contributed by atoms with Crippen LogP contribution in [0.1, 0.15) is 82.4 Å². The van der Waals surface area contributed by atoms with E-state index in [4.69, 9.17) is 0 Å². The van der Waals surface area contributed by atoms with Crippen molar-refractivity contribution in [1.82, 2.24) is 0 Å². The second-order valence-electron chi connectivity index (χ2n) is 12.2. The topological polar surface area (TPSA) is 0 Å². The lowest BCUT2D eigenvalue weighted by Gasteiger charge is -2.09. The molecule has 0 N–H and O–H groups in total. The van der Waals surface area contributed by atoms with E-state index in [0.29, 0.717) is 0 Å². The van der Waals surface area contributed by atoms with E-state index >= 15 is 0 Å². The first-order chi connectivity index (χ1) is 21.2. The molecule has 44 heavy (non-hydrogen) atoms. The lowest BCUT2D eigenvalue weighted by molar-refractivity contribution is 0.794. The zero-order valence-electron chi connectivity index (χ0n) is 26.8. The zero-order chi connectivity index (χ0) is 30.8. The van der Waals surface area contributed by atoms with Crippen molar-refractivity contribution in [3.05, 3.63) is 135 Å². The summed E-state index contributed by atoms with van der Waals surface area (Å²) in [4.78, 5) is 11.4. The molecule has 6 rings (SSSR count). The summed E-state index contributed by atoms with van der Waals surface area (Å²) in [5, 5.41) is 0. The van der Waals surface area contributed by atoms with E-state index in [0.717, 1.165) is 19.3 Å². The minimum absolute atomic E-state index is 0.976. The smallest absolute Gasteiger partial charge is 0.0348 e. The number of unbranched alkanes of at least 4 members (excludes halogenated alkanes) is 1. The van der Waals surface area contributed by atoms with Gasteiger partial charge < -0.3 is 0 Å². The molecule has 4 heterocycles. The Morgan fingerprint density at radius 3 is 1.50 bits per heavy atom. The van der Waals surface area contributed by atoms with Crippen molar-refractivity contribution < 1.29 is 0 Å². The minimum atomic E-state index is 0.976. The van der Waals surface area contributed by atoms with Crippen LogP contribution in [0.5, 0.6) is 0 Å². The number of hydrogen-bond acceptors (Lipinski definition) is 4. The second-order valence-corrected chi connectivity index (χ2v) is 17.3. The molecule has 2 aromatic carbocycles. The van der Waals surface area contributed by atoms with Gasteiger partial charge in [0.2, 0.25) is 0 Å². The van der Waals surface area contributed by atoms with E-state index in [2.05, 4.69) is 114 Å². The minimum Gasteiger partial charge on any atom is -0.145 e. The molecule has 0 radical (unpaired) electrons. The number of rotatable bonds is 11. The maximum Gasteiger partial charge on any atom is 0.0348 e. The summed E-state index contributed by atoms with van der Waals surface area (Å²) >= 11 is 7.76. The lowest BCUT2D eigenvalue weighted by atomic mass is 9.98. The molecule has 0 amide bonds. The number of hydrogen-bond donors (Lipinski definition) is 0. The average molecular weight is 651 g/mol. The number of thiophene rings is 4. The Labute approximate surface area is 280 Å². The molecule has 4 heteroatoms. The Hall–Kier alpha value is -2.76. The molecule has 0 bridgehead atoms. The van der Waals surface area contributed by atoms with Crippen LogP contribution in [0.15, 0.2) is 72.8 Å². The highest BCUT2D eigenvalue weighted by Gasteiger charge is 2.12. The van der Waals surface area contributed by atoms with Gasteiger partial charge in [-0.1, -0.05) is 55.8 Å². The molecule has 226 valence electrons. The van der Waals surface area contributed by atoms with Gasteiger partial charge in [0.05, 0.1) is 0 Å². The molecule has 6 aromatic rings. The predicted molar refractivity (Wildman–Crippen MR) is 199 cm³/mol. The van der Waals surface area contributed by atoms with Crippen LogP contribution >= 0.6 is 45.3 Å². The van der Waals surface area contributed by atoms with Gasteiger partial charge in [0.25, 0.3) is 0 Å². The van der Waals surface area contributed by atoms with Gasteiger partial charge in [0.1, 0.15) is 0 Å². The first-order valence-corrected chi connectivity index (χ1v) is 19.0. The highest BCUT2D eigenvalue weighted by Crippen LogP contribution is 2.35. The fourth-order valence-electron chi connectivity index (χ4n) is 5.93. The third-order valence-corrected chi connectivity index (χ3v) is 13.2. The van der Waals surface area contributed by atoms with Crippen molar-refractivity contribution in [2.24, 2.45) is 0 Å².